The number of rotatable bonds is 2. The van der Waals surface area contributed by atoms with Gasteiger partial charge in [0.15, 0.2) is 0 Å². The van der Waals surface area contributed by atoms with Crippen molar-refractivity contribution < 1.29 is 19.8 Å². The lowest BCUT2D eigenvalue weighted by molar-refractivity contribution is -0.122. The number of aliphatic hydroxyl groups excluding tert-OH is 1. The Morgan fingerprint density at radius 1 is 1.26 bits per heavy atom. The van der Waals surface area contributed by atoms with E-state index in [4.69, 9.17) is 9.90 Å². The summed E-state index contributed by atoms with van der Waals surface area (Å²) in [5, 5.41) is 17.3. The second-order valence-corrected chi connectivity index (χ2v) is 7.51. The van der Waals surface area contributed by atoms with Gasteiger partial charge in [-0.15, -0.1) is 0 Å². The number of carbonyl (C=O) groups excluding carboxylic acids is 1. The lowest BCUT2D eigenvalue weighted by Gasteiger charge is -2.38. The molecule has 27 heavy (non-hydrogen) atoms. The van der Waals surface area contributed by atoms with Crippen LogP contribution in [-0.2, 0) is 4.79 Å². The standard InChI is InChI=1S/C18H24N4O2.CH2O2/c1-20(2)15-7-13-10-22(11-14(13)8-16(15)23)18(24)12-3-5-21-6-4-19-17(21)9-12;2-1-3/h3-6,9,13-16,23H,7-8,10-11H2,1-2H3;1H,(H,2,3)/t13-,14+,15-,16-;/m1./s1. The van der Waals surface area contributed by atoms with Crippen LogP contribution in [0.3, 0.4) is 0 Å². The molecular formula is C19H26N4O4. The van der Waals surface area contributed by atoms with E-state index in [1.54, 1.807) is 6.20 Å². The predicted molar refractivity (Wildman–Crippen MR) is 99.5 cm³/mol. The molecule has 4 rings (SSSR count). The molecule has 0 unspecified atom stereocenters. The van der Waals surface area contributed by atoms with Gasteiger partial charge < -0.3 is 24.4 Å². The van der Waals surface area contributed by atoms with Crippen LogP contribution in [0.2, 0.25) is 0 Å². The first-order chi connectivity index (χ1) is 12.9. The number of hydrogen-bond acceptors (Lipinski definition) is 5. The first-order valence-electron chi connectivity index (χ1n) is 9.09. The molecule has 2 N–H and O–H groups in total. The van der Waals surface area contributed by atoms with E-state index in [-0.39, 0.29) is 24.5 Å². The molecule has 0 bridgehead atoms. The van der Waals surface area contributed by atoms with E-state index in [1.807, 2.05) is 47.9 Å². The van der Waals surface area contributed by atoms with Crippen molar-refractivity contribution >= 4 is 18.0 Å². The first-order valence-corrected chi connectivity index (χ1v) is 9.09. The van der Waals surface area contributed by atoms with E-state index in [0.29, 0.717) is 17.4 Å². The Morgan fingerprint density at radius 2 is 1.93 bits per heavy atom. The largest absolute Gasteiger partial charge is 0.483 e. The lowest BCUT2D eigenvalue weighted by atomic mass is 9.77. The average molecular weight is 374 g/mol. The Bertz CT molecular complexity index is 806. The van der Waals surface area contributed by atoms with Gasteiger partial charge in [-0.2, -0.15) is 0 Å². The van der Waals surface area contributed by atoms with Crippen molar-refractivity contribution in [2.75, 3.05) is 27.2 Å². The Balaban J connectivity index is 0.000000659. The average Bonchev–Trinajstić information content (AvgIpc) is 3.26. The molecule has 2 fully saturated rings. The van der Waals surface area contributed by atoms with Gasteiger partial charge in [0.25, 0.3) is 12.4 Å². The fraction of sp³-hybridized carbons (Fsp3) is 0.526. The zero-order chi connectivity index (χ0) is 19.6. The van der Waals surface area contributed by atoms with Gasteiger partial charge in [0.2, 0.25) is 0 Å². The van der Waals surface area contributed by atoms with Crippen LogP contribution in [-0.4, -0.2) is 81.1 Å². The Morgan fingerprint density at radius 3 is 2.59 bits per heavy atom. The summed E-state index contributed by atoms with van der Waals surface area (Å²) in [6, 6.07) is 3.90. The maximum Gasteiger partial charge on any atom is 0.290 e. The first kappa shape index (κ1) is 19.3. The molecule has 3 heterocycles. The number of likely N-dealkylation sites (N-methyl/N-ethyl adjacent to an activating group) is 1. The number of likely N-dealkylation sites (tertiary alicyclic amines) is 1. The maximum absolute atomic E-state index is 12.9. The monoisotopic (exact) mass is 374 g/mol. The van der Waals surface area contributed by atoms with Gasteiger partial charge in [0.1, 0.15) is 5.65 Å². The molecule has 4 atom stereocenters. The Labute approximate surface area is 158 Å². The Hall–Kier alpha value is -2.45. The van der Waals surface area contributed by atoms with Crippen LogP contribution in [0, 0.1) is 11.8 Å². The highest BCUT2D eigenvalue weighted by Crippen LogP contribution is 2.38. The van der Waals surface area contributed by atoms with Crippen LogP contribution in [0.4, 0.5) is 0 Å². The normalized spacial score (nSPS) is 27.2. The quantitative estimate of drug-likeness (QED) is 0.755. The number of nitrogens with zero attached hydrogens (tertiary/aromatic N) is 4. The lowest BCUT2D eigenvalue weighted by Crippen LogP contribution is -2.46. The molecule has 0 spiro atoms. The number of aliphatic hydroxyl groups is 1. The van der Waals surface area contributed by atoms with Gasteiger partial charge >= 0.3 is 0 Å². The van der Waals surface area contributed by atoms with Crippen molar-refractivity contribution in [3.63, 3.8) is 0 Å². The smallest absolute Gasteiger partial charge is 0.290 e. The summed E-state index contributed by atoms with van der Waals surface area (Å²) >= 11 is 0. The molecule has 0 radical (unpaired) electrons. The van der Waals surface area contributed by atoms with E-state index in [0.717, 1.165) is 31.6 Å². The number of carbonyl (C=O) groups is 2. The van der Waals surface area contributed by atoms with Crippen molar-refractivity contribution in [2.45, 2.75) is 25.0 Å². The van der Waals surface area contributed by atoms with Gasteiger partial charge in [-0.3, -0.25) is 9.59 Å². The molecule has 2 aromatic heterocycles. The van der Waals surface area contributed by atoms with E-state index in [9.17, 15) is 9.90 Å². The highest BCUT2D eigenvalue weighted by atomic mass is 16.3. The van der Waals surface area contributed by atoms with Crippen LogP contribution in [0.1, 0.15) is 23.2 Å². The predicted octanol–water partition coefficient (Wildman–Crippen LogP) is 0.808. The third-order valence-corrected chi connectivity index (χ3v) is 5.70. The molecule has 0 aromatic carbocycles. The number of fused-ring (bicyclic) bond motifs is 2. The van der Waals surface area contributed by atoms with Crippen molar-refractivity contribution in [1.82, 2.24) is 19.2 Å². The zero-order valence-corrected chi connectivity index (χ0v) is 15.6. The van der Waals surface area contributed by atoms with Crippen molar-refractivity contribution in [3.8, 4) is 0 Å². The molecule has 1 saturated heterocycles. The summed E-state index contributed by atoms with van der Waals surface area (Å²) in [6.07, 6.45) is 6.94. The second kappa shape index (κ2) is 8.06. The van der Waals surface area contributed by atoms with Crippen LogP contribution < -0.4 is 0 Å². The Kier molecular flexibility index (Phi) is 5.76. The van der Waals surface area contributed by atoms with Crippen molar-refractivity contribution in [2.24, 2.45) is 11.8 Å². The van der Waals surface area contributed by atoms with Gasteiger partial charge in [-0.1, -0.05) is 0 Å². The van der Waals surface area contributed by atoms with Gasteiger partial charge in [-0.25, -0.2) is 4.98 Å². The number of amides is 1. The molecule has 1 aliphatic heterocycles. The topological polar surface area (TPSA) is 98.4 Å². The number of hydrogen-bond donors (Lipinski definition) is 2. The minimum absolute atomic E-state index is 0.0748. The van der Waals surface area contributed by atoms with E-state index >= 15 is 0 Å². The molecule has 1 amide bonds. The fourth-order valence-corrected chi connectivity index (χ4v) is 4.35. The molecule has 1 aliphatic carbocycles. The second-order valence-electron chi connectivity index (χ2n) is 7.51. The molecule has 146 valence electrons. The summed E-state index contributed by atoms with van der Waals surface area (Å²) in [4.78, 5) is 29.5. The molecule has 2 aliphatic rings. The van der Waals surface area contributed by atoms with Gasteiger partial charge in [0, 0.05) is 43.3 Å². The minimum Gasteiger partial charge on any atom is -0.483 e. The summed E-state index contributed by atoms with van der Waals surface area (Å²) in [5.74, 6) is 0.973. The van der Waals surface area contributed by atoms with Crippen LogP contribution in [0.5, 0.6) is 0 Å². The fourth-order valence-electron chi connectivity index (χ4n) is 4.35. The van der Waals surface area contributed by atoms with E-state index < -0.39 is 0 Å². The van der Waals surface area contributed by atoms with Crippen molar-refractivity contribution in [3.05, 3.63) is 36.3 Å². The highest BCUT2D eigenvalue weighted by molar-refractivity contribution is 5.95. The molecule has 1 saturated carbocycles. The van der Waals surface area contributed by atoms with Crippen LogP contribution in [0.25, 0.3) is 5.65 Å². The van der Waals surface area contributed by atoms with E-state index in [1.165, 1.54) is 0 Å². The molecular weight excluding hydrogens is 348 g/mol. The molecule has 2 aromatic rings. The van der Waals surface area contributed by atoms with E-state index in [2.05, 4.69) is 9.88 Å². The number of carboxylic acid groups (broad SMARTS) is 1. The number of imidazole rings is 1. The summed E-state index contributed by atoms with van der Waals surface area (Å²) in [5.41, 5.74) is 1.48. The third kappa shape index (κ3) is 3.96. The zero-order valence-electron chi connectivity index (χ0n) is 15.6. The maximum atomic E-state index is 12.9. The molecule has 8 nitrogen and oxygen atoms in total. The summed E-state index contributed by atoms with van der Waals surface area (Å²) in [7, 11) is 4.04. The van der Waals surface area contributed by atoms with Crippen molar-refractivity contribution in [1.29, 1.82) is 0 Å². The number of aromatic nitrogens is 2. The third-order valence-electron chi connectivity index (χ3n) is 5.70. The highest BCUT2D eigenvalue weighted by Gasteiger charge is 2.43. The van der Waals surface area contributed by atoms with Crippen LogP contribution >= 0.6 is 0 Å². The van der Waals surface area contributed by atoms with Crippen LogP contribution in [0.15, 0.2) is 30.7 Å². The SMILES string of the molecule is CN(C)[C@@H]1C[C@@H]2CN(C(=O)c3ccn4ccnc4c3)C[C@@H]2C[C@H]1O.O=CO. The minimum atomic E-state index is -0.294. The summed E-state index contributed by atoms with van der Waals surface area (Å²) in [6.45, 7) is 1.29. The summed E-state index contributed by atoms with van der Waals surface area (Å²) < 4.78 is 1.90. The van der Waals surface area contributed by atoms with Gasteiger partial charge in [-0.05, 0) is 50.9 Å². The number of pyridine rings is 1. The van der Waals surface area contributed by atoms with Gasteiger partial charge in [0.05, 0.1) is 6.10 Å². The molecule has 8 heteroatoms.